The molecule has 1 atom stereocenters. The Bertz CT molecular complexity index is 1880. The average Bonchev–Trinajstić information content (AvgIpc) is 3.55. The number of alkyl halides is 3. The van der Waals surface area contributed by atoms with Gasteiger partial charge in [0.2, 0.25) is 5.88 Å². The van der Waals surface area contributed by atoms with Gasteiger partial charge in [-0.25, -0.2) is 14.2 Å². The second kappa shape index (κ2) is 11.5. The number of nitrogens with zero attached hydrogens (tertiary/aromatic N) is 4. The molecule has 0 fully saturated rings. The highest BCUT2D eigenvalue weighted by molar-refractivity contribution is 7.88. The van der Waals surface area contributed by atoms with E-state index >= 15 is 0 Å². The molecule has 242 valence electrons. The smallest absolute Gasteiger partial charge is 0.490 e. The number of thiophene rings is 1. The van der Waals surface area contributed by atoms with Gasteiger partial charge in [-0.15, -0.1) is 11.3 Å². The number of carbonyl (C=O) groups excluding carboxylic acids is 1. The highest BCUT2D eigenvalue weighted by Gasteiger charge is 2.49. The standard InChI is InChI=1S/C29H30F4N4O6S2/c1-15(2)41-22-11-17(30)7-8-19(22)23-24(34-26(20-9-10-44-25(20)23)43-45(39,40)29(31,32)33)21-12-18-14-36(13-16(3)37(18)35-21)27(38)42-28(4,5)6/h7-12,15-16H,13-14H2,1-6H3/t16-/m1/s1. The number of rotatable bonds is 6. The molecule has 1 aliphatic rings. The van der Waals surface area contributed by atoms with Gasteiger partial charge in [0.15, 0.2) is 0 Å². The van der Waals surface area contributed by atoms with Crippen molar-refractivity contribution in [2.24, 2.45) is 0 Å². The molecular formula is C29H30F4N4O6S2. The van der Waals surface area contributed by atoms with Crippen LogP contribution >= 0.6 is 11.3 Å². The topological polar surface area (TPSA) is 113 Å². The Morgan fingerprint density at radius 2 is 1.84 bits per heavy atom. The Morgan fingerprint density at radius 3 is 2.49 bits per heavy atom. The van der Waals surface area contributed by atoms with E-state index in [-0.39, 0.29) is 47.8 Å². The third-order valence-electron chi connectivity index (χ3n) is 6.58. The first kappa shape index (κ1) is 32.5. The summed E-state index contributed by atoms with van der Waals surface area (Å²) < 4.78 is 96.7. The number of aromatic nitrogens is 3. The van der Waals surface area contributed by atoms with Crippen LogP contribution in [0.4, 0.5) is 22.4 Å². The van der Waals surface area contributed by atoms with E-state index in [4.69, 9.17) is 9.47 Å². The molecule has 0 bridgehead atoms. The minimum absolute atomic E-state index is 0.0140. The van der Waals surface area contributed by atoms with Crippen molar-refractivity contribution in [3.05, 3.63) is 47.2 Å². The van der Waals surface area contributed by atoms with Crippen LogP contribution in [-0.4, -0.2) is 57.9 Å². The molecule has 0 unspecified atom stereocenters. The van der Waals surface area contributed by atoms with E-state index < -0.39 is 39.0 Å². The second-order valence-corrected chi connectivity index (χ2v) is 14.2. The average molecular weight is 671 g/mol. The molecule has 1 aliphatic heterocycles. The van der Waals surface area contributed by atoms with Crippen LogP contribution in [0, 0.1) is 5.82 Å². The first-order chi connectivity index (χ1) is 20.8. The van der Waals surface area contributed by atoms with E-state index in [0.717, 1.165) is 11.3 Å². The third-order valence-corrected chi connectivity index (χ3v) is 8.46. The van der Waals surface area contributed by atoms with E-state index in [2.05, 4.69) is 14.3 Å². The summed E-state index contributed by atoms with van der Waals surface area (Å²) in [5.74, 6) is -1.26. The molecule has 10 nitrogen and oxygen atoms in total. The van der Waals surface area contributed by atoms with Crippen molar-refractivity contribution < 1.29 is 44.4 Å². The van der Waals surface area contributed by atoms with Gasteiger partial charge in [-0.2, -0.15) is 26.7 Å². The first-order valence-corrected chi connectivity index (χ1v) is 16.1. The number of carbonyl (C=O) groups is 1. The zero-order chi connectivity index (χ0) is 33.1. The van der Waals surface area contributed by atoms with Gasteiger partial charge in [0.1, 0.15) is 28.6 Å². The van der Waals surface area contributed by atoms with Crippen LogP contribution in [-0.2, 0) is 21.4 Å². The van der Waals surface area contributed by atoms with Gasteiger partial charge in [0.05, 0.1) is 29.8 Å². The van der Waals surface area contributed by atoms with Crippen LogP contribution in [0.1, 0.15) is 53.3 Å². The summed E-state index contributed by atoms with van der Waals surface area (Å²) in [5.41, 5.74) is -5.08. The summed E-state index contributed by atoms with van der Waals surface area (Å²) in [6.45, 7) is 10.9. The molecule has 0 spiro atoms. The Hall–Kier alpha value is -3.92. The molecule has 3 aromatic heterocycles. The molecule has 0 radical (unpaired) electrons. The van der Waals surface area contributed by atoms with Crippen molar-refractivity contribution in [2.75, 3.05) is 6.54 Å². The Kier molecular flexibility index (Phi) is 8.27. The van der Waals surface area contributed by atoms with E-state index in [9.17, 15) is 30.8 Å². The minimum atomic E-state index is -6.09. The highest BCUT2D eigenvalue weighted by Crippen LogP contribution is 2.47. The summed E-state index contributed by atoms with van der Waals surface area (Å²) in [7, 11) is -6.09. The number of halogens is 4. The van der Waals surface area contributed by atoms with Crippen LogP contribution in [0.15, 0.2) is 35.7 Å². The van der Waals surface area contributed by atoms with Gasteiger partial charge in [0, 0.05) is 28.4 Å². The maximum atomic E-state index is 14.4. The number of fused-ring (bicyclic) bond motifs is 2. The number of amides is 1. The van der Waals surface area contributed by atoms with Crippen LogP contribution < -0.4 is 8.92 Å². The first-order valence-electron chi connectivity index (χ1n) is 13.8. The number of ether oxygens (including phenoxy) is 2. The molecule has 0 saturated carbocycles. The third kappa shape index (κ3) is 6.57. The maximum absolute atomic E-state index is 14.4. The minimum Gasteiger partial charge on any atom is -0.490 e. The fraction of sp³-hybridized carbons (Fsp3) is 0.414. The molecule has 1 aromatic carbocycles. The van der Waals surface area contributed by atoms with Gasteiger partial charge in [0.25, 0.3) is 0 Å². The van der Waals surface area contributed by atoms with Crippen LogP contribution in [0.5, 0.6) is 11.6 Å². The van der Waals surface area contributed by atoms with Crippen LogP contribution in [0.25, 0.3) is 32.6 Å². The quantitative estimate of drug-likeness (QED) is 0.119. The van der Waals surface area contributed by atoms with E-state index in [1.807, 2.05) is 6.92 Å². The Labute approximate surface area is 260 Å². The monoisotopic (exact) mass is 670 g/mol. The maximum Gasteiger partial charge on any atom is 0.534 e. The van der Waals surface area contributed by atoms with Gasteiger partial charge in [-0.1, -0.05) is 0 Å². The van der Waals surface area contributed by atoms with Crippen molar-refractivity contribution in [1.29, 1.82) is 0 Å². The molecule has 0 saturated heterocycles. The molecule has 1 amide bonds. The zero-order valence-electron chi connectivity index (χ0n) is 25.1. The van der Waals surface area contributed by atoms with E-state index in [1.165, 1.54) is 34.5 Å². The van der Waals surface area contributed by atoms with Gasteiger partial charge in [-0.3, -0.25) is 4.68 Å². The van der Waals surface area contributed by atoms with Crippen molar-refractivity contribution in [2.45, 2.75) is 71.3 Å². The van der Waals surface area contributed by atoms with Crippen molar-refractivity contribution in [3.8, 4) is 34.1 Å². The summed E-state index contributed by atoms with van der Waals surface area (Å²) in [6.07, 6.45) is -0.906. The molecule has 4 heterocycles. The fourth-order valence-electron chi connectivity index (χ4n) is 4.87. The van der Waals surface area contributed by atoms with Crippen LogP contribution in [0.3, 0.4) is 0 Å². The molecule has 4 aromatic rings. The normalized spacial score (nSPS) is 15.8. The Morgan fingerprint density at radius 1 is 1.13 bits per heavy atom. The zero-order valence-corrected chi connectivity index (χ0v) is 26.7. The SMILES string of the molecule is CC(C)Oc1cc(F)ccc1-c1c(-c2cc3n(n2)[C@H](C)CN(C(=O)OC(C)(C)C)C3)nc(OS(=O)(=O)C(F)(F)F)c2ccsc12. The highest BCUT2D eigenvalue weighted by atomic mass is 32.2. The molecule has 0 aliphatic carbocycles. The summed E-state index contributed by atoms with van der Waals surface area (Å²) in [4.78, 5) is 18.7. The Balaban J connectivity index is 1.73. The predicted molar refractivity (Wildman–Crippen MR) is 159 cm³/mol. The van der Waals surface area contributed by atoms with Gasteiger partial charge < -0.3 is 18.6 Å². The molecular weight excluding hydrogens is 640 g/mol. The number of hydrogen-bond donors (Lipinski definition) is 0. The van der Waals surface area contributed by atoms with Crippen LogP contribution in [0.2, 0.25) is 0 Å². The fourth-order valence-corrected chi connectivity index (χ4v) is 6.25. The second-order valence-electron chi connectivity index (χ2n) is 11.8. The molecule has 0 N–H and O–H groups in total. The number of pyridine rings is 1. The number of benzene rings is 1. The lowest BCUT2D eigenvalue weighted by molar-refractivity contribution is -0.0500. The largest absolute Gasteiger partial charge is 0.534 e. The van der Waals surface area contributed by atoms with Gasteiger partial charge >= 0.3 is 21.7 Å². The molecule has 16 heteroatoms. The van der Waals surface area contributed by atoms with Crippen molar-refractivity contribution in [1.82, 2.24) is 19.7 Å². The van der Waals surface area contributed by atoms with E-state index in [0.29, 0.717) is 21.5 Å². The lowest BCUT2D eigenvalue weighted by Gasteiger charge is -2.33. The number of hydrogen-bond acceptors (Lipinski definition) is 9. The van der Waals surface area contributed by atoms with Gasteiger partial charge in [-0.05, 0) is 71.2 Å². The lowest BCUT2D eigenvalue weighted by atomic mass is 9.99. The summed E-state index contributed by atoms with van der Waals surface area (Å²) in [6, 6.07) is 6.47. The van der Waals surface area contributed by atoms with E-state index in [1.54, 1.807) is 45.4 Å². The predicted octanol–water partition coefficient (Wildman–Crippen LogP) is 7.29. The summed E-state index contributed by atoms with van der Waals surface area (Å²) in [5, 5.41) is 6.21. The molecule has 5 rings (SSSR count). The summed E-state index contributed by atoms with van der Waals surface area (Å²) >= 11 is 1.09. The van der Waals surface area contributed by atoms with Crippen molar-refractivity contribution >= 4 is 37.6 Å². The molecule has 45 heavy (non-hydrogen) atoms. The lowest BCUT2D eigenvalue weighted by Crippen LogP contribution is -2.43. The van der Waals surface area contributed by atoms with Crippen molar-refractivity contribution in [3.63, 3.8) is 0 Å².